The fourth-order valence-corrected chi connectivity index (χ4v) is 3.62. The van der Waals surface area contributed by atoms with Crippen LogP contribution in [-0.4, -0.2) is 25.1 Å². The van der Waals surface area contributed by atoms with E-state index in [1.54, 1.807) is 13.0 Å². The molecule has 138 valence electrons. The van der Waals surface area contributed by atoms with Gasteiger partial charge in [0.1, 0.15) is 17.3 Å². The first-order chi connectivity index (χ1) is 12.5. The number of amides is 1. The van der Waals surface area contributed by atoms with Crippen LogP contribution < -0.4 is 15.0 Å². The van der Waals surface area contributed by atoms with Gasteiger partial charge >= 0.3 is 0 Å². The molecule has 0 aromatic heterocycles. The van der Waals surface area contributed by atoms with Gasteiger partial charge in [-0.3, -0.25) is 4.79 Å². The van der Waals surface area contributed by atoms with Gasteiger partial charge in [-0.1, -0.05) is 12.1 Å². The van der Waals surface area contributed by atoms with Crippen molar-refractivity contribution in [3.63, 3.8) is 0 Å². The zero-order valence-electron chi connectivity index (χ0n) is 14.9. The zero-order chi connectivity index (χ0) is 18.7. The molecule has 0 radical (unpaired) electrons. The second-order valence-corrected chi connectivity index (χ2v) is 7.37. The van der Waals surface area contributed by atoms with Crippen LogP contribution in [0.1, 0.15) is 25.3 Å². The maximum absolute atomic E-state index is 14.4. The van der Waals surface area contributed by atoms with Gasteiger partial charge in [-0.05, 0) is 72.4 Å². The molecule has 1 aliphatic rings. The highest BCUT2D eigenvalue weighted by molar-refractivity contribution is 9.10. The SMILES string of the molecule is Cc1ccc(OC(C)C(=O)Nc2c(F)cccc2N2CCCC2)c(Br)c1. The Morgan fingerprint density at radius 2 is 2.00 bits per heavy atom. The van der Waals surface area contributed by atoms with E-state index in [4.69, 9.17) is 4.74 Å². The Bertz CT molecular complexity index is 806. The number of nitrogens with one attached hydrogen (secondary N) is 1. The first kappa shape index (κ1) is 18.7. The van der Waals surface area contributed by atoms with Gasteiger partial charge in [-0.2, -0.15) is 0 Å². The summed E-state index contributed by atoms with van der Waals surface area (Å²) in [5.74, 6) is -0.249. The van der Waals surface area contributed by atoms with Gasteiger partial charge in [0.05, 0.1) is 10.2 Å². The zero-order valence-corrected chi connectivity index (χ0v) is 16.5. The number of carbonyl (C=O) groups is 1. The number of ether oxygens (including phenoxy) is 1. The van der Waals surface area contributed by atoms with E-state index in [0.29, 0.717) is 5.75 Å². The minimum absolute atomic E-state index is 0.220. The van der Waals surface area contributed by atoms with E-state index in [-0.39, 0.29) is 11.6 Å². The molecule has 2 aromatic rings. The molecule has 3 rings (SSSR count). The Hall–Kier alpha value is -2.08. The van der Waals surface area contributed by atoms with Crippen molar-refractivity contribution >= 4 is 33.2 Å². The highest BCUT2D eigenvalue weighted by Gasteiger charge is 2.22. The van der Waals surface area contributed by atoms with Gasteiger partial charge in [-0.15, -0.1) is 0 Å². The molecular weight excluding hydrogens is 399 g/mol. The summed E-state index contributed by atoms with van der Waals surface area (Å²) in [6.07, 6.45) is 1.38. The van der Waals surface area contributed by atoms with Crippen LogP contribution in [0.3, 0.4) is 0 Å². The molecule has 1 amide bonds. The highest BCUT2D eigenvalue weighted by Crippen LogP contribution is 2.32. The normalized spacial score (nSPS) is 15.0. The summed E-state index contributed by atoms with van der Waals surface area (Å²) in [5, 5.41) is 2.71. The van der Waals surface area contributed by atoms with Crippen LogP contribution in [0.2, 0.25) is 0 Å². The lowest BCUT2D eigenvalue weighted by Gasteiger charge is -2.23. The fraction of sp³-hybridized carbons (Fsp3) is 0.350. The second kappa shape index (κ2) is 8.08. The van der Waals surface area contributed by atoms with Crippen molar-refractivity contribution in [2.45, 2.75) is 32.8 Å². The number of benzene rings is 2. The van der Waals surface area contributed by atoms with E-state index in [2.05, 4.69) is 26.1 Å². The molecule has 0 aliphatic carbocycles. The third kappa shape index (κ3) is 4.18. The molecule has 26 heavy (non-hydrogen) atoms. The van der Waals surface area contributed by atoms with Gasteiger partial charge in [0, 0.05) is 13.1 Å². The smallest absolute Gasteiger partial charge is 0.265 e. The Kier molecular flexibility index (Phi) is 5.81. The fourth-order valence-electron chi connectivity index (χ4n) is 3.03. The Labute approximate surface area is 161 Å². The average Bonchev–Trinajstić information content (AvgIpc) is 3.13. The van der Waals surface area contributed by atoms with Crippen molar-refractivity contribution in [1.29, 1.82) is 0 Å². The predicted molar refractivity (Wildman–Crippen MR) is 105 cm³/mol. The summed E-state index contributed by atoms with van der Waals surface area (Å²) in [6, 6.07) is 10.5. The van der Waals surface area contributed by atoms with Crippen LogP contribution in [0, 0.1) is 12.7 Å². The summed E-state index contributed by atoms with van der Waals surface area (Å²) in [5.41, 5.74) is 2.03. The second-order valence-electron chi connectivity index (χ2n) is 6.51. The summed E-state index contributed by atoms with van der Waals surface area (Å²) in [4.78, 5) is 14.7. The van der Waals surface area contributed by atoms with Crippen molar-refractivity contribution in [3.8, 4) is 5.75 Å². The summed E-state index contributed by atoms with van der Waals surface area (Å²) < 4.78 is 20.9. The lowest BCUT2D eigenvalue weighted by molar-refractivity contribution is -0.122. The molecule has 1 saturated heterocycles. The average molecular weight is 421 g/mol. The van der Waals surface area contributed by atoms with Gasteiger partial charge in [0.25, 0.3) is 5.91 Å². The van der Waals surface area contributed by atoms with Gasteiger partial charge in [0.15, 0.2) is 6.10 Å². The van der Waals surface area contributed by atoms with Crippen LogP contribution >= 0.6 is 15.9 Å². The van der Waals surface area contributed by atoms with Crippen LogP contribution in [0.5, 0.6) is 5.75 Å². The molecule has 1 unspecified atom stereocenters. The molecule has 1 fully saturated rings. The molecule has 0 spiro atoms. The maximum atomic E-state index is 14.4. The number of halogens is 2. The van der Waals surface area contributed by atoms with Crippen molar-refractivity contribution in [3.05, 3.63) is 52.3 Å². The third-order valence-electron chi connectivity index (χ3n) is 4.45. The van der Waals surface area contributed by atoms with Crippen molar-refractivity contribution in [2.24, 2.45) is 0 Å². The van der Waals surface area contributed by atoms with Crippen LogP contribution in [0.4, 0.5) is 15.8 Å². The number of aryl methyl sites for hydroxylation is 1. The standard InChI is InChI=1S/C20H22BrFN2O2/c1-13-8-9-18(15(21)12-13)26-14(2)20(25)23-19-16(22)6-5-7-17(19)24-10-3-4-11-24/h5-9,12,14H,3-4,10-11H2,1-2H3,(H,23,25). The van der Waals surface area contributed by atoms with Gasteiger partial charge < -0.3 is 15.0 Å². The number of hydrogen-bond donors (Lipinski definition) is 1. The van der Waals surface area contributed by atoms with Crippen LogP contribution in [0.15, 0.2) is 40.9 Å². The topological polar surface area (TPSA) is 41.6 Å². The molecular formula is C20H22BrFN2O2. The van der Waals surface area contributed by atoms with E-state index >= 15 is 0 Å². The molecule has 1 N–H and O–H groups in total. The van der Waals surface area contributed by atoms with E-state index in [1.165, 1.54) is 6.07 Å². The molecule has 4 nitrogen and oxygen atoms in total. The molecule has 1 atom stereocenters. The van der Waals surface area contributed by atoms with Crippen LogP contribution in [-0.2, 0) is 4.79 Å². The monoisotopic (exact) mass is 420 g/mol. The molecule has 6 heteroatoms. The Morgan fingerprint density at radius 3 is 2.69 bits per heavy atom. The first-order valence-electron chi connectivity index (χ1n) is 8.73. The number of carbonyl (C=O) groups excluding carboxylic acids is 1. The minimum Gasteiger partial charge on any atom is -0.480 e. The molecule has 0 bridgehead atoms. The van der Waals surface area contributed by atoms with E-state index < -0.39 is 11.9 Å². The molecule has 1 aliphatic heterocycles. The molecule has 2 aromatic carbocycles. The van der Waals surface area contributed by atoms with Crippen LogP contribution in [0.25, 0.3) is 0 Å². The first-order valence-corrected chi connectivity index (χ1v) is 9.52. The largest absolute Gasteiger partial charge is 0.480 e. The number of anilines is 2. The van der Waals surface area contributed by atoms with Crippen molar-refractivity contribution in [1.82, 2.24) is 0 Å². The number of rotatable bonds is 5. The number of para-hydroxylation sites is 1. The number of nitrogens with zero attached hydrogens (tertiary/aromatic N) is 1. The lowest BCUT2D eigenvalue weighted by atomic mass is 10.2. The Balaban J connectivity index is 1.75. The summed E-state index contributed by atoms with van der Waals surface area (Å²) >= 11 is 3.44. The summed E-state index contributed by atoms with van der Waals surface area (Å²) in [7, 11) is 0. The van der Waals surface area contributed by atoms with Crippen molar-refractivity contribution in [2.75, 3.05) is 23.3 Å². The van der Waals surface area contributed by atoms with E-state index in [9.17, 15) is 9.18 Å². The lowest BCUT2D eigenvalue weighted by Crippen LogP contribution is -2.31. The molecule has 1 heterocycles. The molecule has 0 saturated carbocycles. The van der Waals surface area contributed by atoms with Gasteiger partial charge in [0.2, 0.25) is 0 Å². The van der Waals surface area contributed by atoms with E-state index in [0.717, 1.165) is 41.7 Å². The maximum Gasteiger partial charge on any atom is 0.265 e. The van der Waals surface area contributed by atoms with E-state index in [1.807, 2.05) is 31.2 Å². The third-order valence-corrected chi connectivity index (χ3v) is 5.07. The van der Waals surface area contributed by atoms with Gasteiger partial charge in [-0.25, -0.2) is 4.39 Å². The predicted octanol–water partition coefficient (Wildman–Crippen LogP) is 4.90. The highest BCUT2D eigenvalue weighted by atomic mass is 79.9. The van der Waals surface area contributed by atoms with Crippen molar-refractivity contribution < 1.29 is 13.9 Å². The number of hydrogen-bond acceptors (Lipinski definition) is 3. The minimum atomic E-state index is -0.764. The Morgan fingerprint density at radius 1 is 1.27 bits per heavy atom. The summed E-state index contributed by atoms with van der Waals surface area (Å²) in [6.45, 7) is 5.37. The quantitative estimate of drug-likeness (QED) is 0.747.